The molecule has 1 saturated heterocycles. The summed E-state index contributed by atoms with van der Waals surface area (Å²) in [6.45, 7) is 5.61. The first-order valence-electron chi connectivity index (χ1n) is 4.70. The Morgan fingerprint density at radius 3 is 2.21 bits per heavy atom. The van der Waals surface area contributed by atoms with Crippen LogP contribution in [0.15, 0.2) is 0 Å². The van der Waals surface area contributed by atoms with Crippen LogP contribution in [-0.2, 0) is 4.79 Å². The molecule has 0 aromatic rings. The van der Waals surface area contributed by atoms with Crippen LogP contribution in [0.2, 0.25) is 0 Å². The number of nitrogens with zero attached hydrogens (tertiary/aromatic N) is 2. The number of hydrogen-bond acceptors (Lipinski definition) is 3. The predicted molar refractivity (Wildman–Crippen MR) is 57.1 cm³/mol. The first-order chi connectivity index (χ1) is 6.36. The number of imide groups is 1. The maximum Gasteiger partial charge on any atom is 0.328 e. The van der Waals surface area contributed by atoms with Crippen molar-refractivity contribution in [1.29, 1.82) is 0 Å². The minimum Gasteiger partial charge on any atom is -0.298 e. The van der Waals surface area contributed by atoms with Gasteiger partial charge >= 0.3 is 6.03 Å². The minimum absolute atomic E-state index is 0.0196. The summed E-state index contributed by atoms with van der Waals surface area (Å²) in [5.74, 6) is -0.234. The maximum atomic E-state index is 11.8. The third-order valence-corrected chi connectivity index (χ3v) is 3.27. The molecule has 0 spiro atoms. The normalized spacial score (nSPS) is 28.1. The van der Waals surface area contributed by atoms with E-state index in [2.05, 4.69) is 12.6 Å². The summed E-state index contributed by atoms with van der Waals surface area (Å²) in [6.07, 6.45) is 0.517. The van der Waals surface area contributed by atoms with Crippen LogP contribution in [0.3, 0.4) is 0 Å². The Morgan fingerprint density at radius 2 is 1.93 bits per heavy atom. The van der Waals surface area contributed by atoms with Gasteiger partial charge in [-0.05, 0) is 20.3 Å². The van der Waals surface area contributed by atoms with Crippen molar-refractivity contribution < 1.29 is 9.59 Å². The molecule has 14 heavy (non-hydrogen) atoms. The smallest absolute Gasteiger partial charge is 0.298 e. The zero-order chi connectivity index (χ0) is 11.1. The molecule has 80 valence electrons. The van der Waals surface area contributed by atoms with Crippen molar-refractivity contribution in [2.45, 2.75) is 38.1 Å². The van der Waals surface area contributed by atoms with E-state index in [1.807, 2.05) is 20.8 Å². The van der Waals surface area contributed by atoms with Gasteiger partial charge in [-0.1, -0.05) is 6.92 Å². The van der Waals surface area contributed by atoms with Crippen molar-refractivity contribution >= 4 is 24.6 Å². The molecule has 1 fully saturated rings. The van der Waals surface area contributed by atoms with Crippen molar-refractivity contribution in [1.82, 2.24) is 9.80 Å². The molecule has 4 nitrogen and oxygen atoms in total. The highest BCUT2D eigenvalue weighted by atomic mass is 32.1. The second-order valence-corrected chi connectivity index (χ2v) is 4.52. The van der Waals surface area contributed by atoms with Crippen LogP contribution in [-0.4, -0.2) is 39.7 Å². The monoisotopic (exact) mass is 216 g/mol. The van der Waals surface area contributed by atoms with E-state index in [-0.39, 0.29) is 18.0 Å². The van der Waals surface area contributed by atoms with Gasteiger partial charge in [-0.15, -0.1) is 12.6 Å². The van der Waals surface area contributed by atoms with Gasteiger partial charge in [-0.25, -0.2) is 4.79 Å². The molecule has 1 rings (SSSR count). The van der Waals surface area contributed by atoms with E-state index in [4.69, 9.17) is 0 Å². The number of thiol groups is 1. The van der Waals surface area contributed by atoms with Crippen LogP contribution in [0.5, 0.6) is 0 Å². The lowest BCUT2D eigenvalue weighted by Gasteiger charge is -2.32. The summed E-state index contributed by atoms with van der Waals surface area (Å²) in [5, 5.41) is 0. The lowest BCUT2D eigenvalue weighted by Crippen LogP contribution is -2.47. The van der Waals surface area contributed by atoms with Crippen LogP contribution in [0.25, 0.3) is 0 Å². The summed E-state index contributed by atoms with van der Waals surface area (Å²) in [4.78, 5) is 25.2. The third kappa shape index (κ3) is 1.30. The van der Waals surface area contributed by atoms with Crippen molar-refractivity contribution in [2.24, 2.45) is 0 Å². The van der Waals surface area contributed by atoms with E-state index in [0.717, 1.165) is 4.90 Å². The van der Waals surface area contributed by atoms with E-state index in [9.17, 15) is 9.59 Å². The molecule has 1 aliphatic heterocycles. The standard InChI is InChI=1S/C9H16N2O2S/c1-5-9(14)7(12)10(4)8(13)11(9)6(2)3/h6,14H,5H2,1-4H3. The average molecular weight is 216 g/mol. The Kier molecular flexibility index (Phi) is 2.81. The first-order valence-corrected chi connectivity index (χ1v) is 5.14. The highest BCUT2D eigenvalue weighted by Crippen LogP contribution is 2.35. The number of carbonyl (C=O) groups excluding carboxylic acids is 2. The first kappa shape index (κ1) is 11.4. The summed E-state index contributed by atoms with van der Waals surface area (Å²) in [6, 6.07) is -0.282. The molecule has 0 saturated carbocycles. The Labute approximate surface area is 89.7 Å². The molecule has 0 radical (unpaired) electrons. The molecule has 0 aromatic carbocycles. The second kappa shape index (κ2) is 3.46. The fourth-order valence-electron chi connectivity index (χ4n) is 1.75. The lowest BCUT2D eigenvalue weighted by molar-refractivity contribution is -0.128. The molecule has 1 aliphatic rings. The van der Waals surface area contributed by atoms with Crippen molar-refractivity contribution in [3.05, 3.63) is 0 Å². The van der Waals surface area contributed by atoms with Crippen LogP contribution >= 0.6 is 12.6 Å². The molecule has 5 heteroatoms. The fourth-order valence-corrected chi connectivity index (χ4v) is 2.21. The van der Waals surface area contributed by atoms with Gasteiger partial charge in [-0.3, -0.25) is 14.6 Å². The highest BCUT2D eigenvalue weighted by molar-refractivity contribution is 7.82. The number of amides is 3. The molecular weight excluding hydrogens is 200 g/mol. The number of likely N-dealkylation sites (N-methyl/N-ethyl adjacent to an activating group) is 1. The number of hydrogen-bond donors (Lipinski definition) is 1. The van der Waals surface area contributed by atoms with Gasteiger partial charge in [0, 0.05) is 13.1 Å². The van der Waals surface area contributed by atoms with Gasteiger partial charge in [0.1, 0.15) is 0 Å². The Hall–Kier alpha value is -0.710. The second-order valence-electron chi connectivity index (χ2n) is 3.78. The van der Waals surface area contributed by atoms with Gasteiger partial charge in [-0.2, -0.15) is 0 Å². The molecule has 0 aliphatic carbocycles. The van der Waals surface area contributed by atoms with Gasteiger partial charge in [0.25, 0.3) is 5.91 Å². The van der Waals surface area contributed by atoms with E-state index < -0.39 is 4.87 Å². The zero-order valence-corrected chi connectivity index (χ0v) is 9.84. The largest absolute Gasteiger partial charge is 0.328 e. The third-order valence-electron chi connectivity index (χ3n) is 2.55. The highest BCUT2D eigenvalue weighted by Gasteiger charge is 2.53. The summed E-state index contributed by atoms with van der Waals surface area (Å²) >= 11 is 4.34. The number of urea groups is 1. The number of rotatable bonds is 2. The maximum absolute atomic E-state index is 11.8. The minimum atomic E-state index is -0.958. The van der Waals surface area contributed by atoms with E-state index >= 15 is 0 Å². The molecule has 1 unspecified atom stereocenters. The molecular formula is C9H16N2O2S. The van der Waals surface area contributed by atoms with Gasteiger partial charge in [0.2, 0.25) is 0 Å². The van der Waals surface area contributed by atoms with Crippen LogP contribution in [0.4, 0.5) is 4.79 Å². The van der Waals surface area contributed by atoms with Crippen LogP contribution in [0.1, 0.15) is 27.2 Å². The molecule has 0 N–H and O–H groups in total. The average Bonchev–Trinajstić information content (AvgIpc) is 2.29. The molecule has 1 atom stereocenters. The SMILES string of the molecule is CCC1(S)C(=O)N(C)C(=O)N1C(C)C. The molecule has 3 amide bonds. The summed E-state index contributed by atoms with van der Waals surface area (Å²) in [5.41, 5.74) is 0. The Balaban J connectivity index is 3.14. The Bertz CT molecular complexity index is 280. The summed E-state index contributed by atoms with van der Waals surface area (Å²) < 4.78 is 0. The quantitative estimate of drug-likeness (QED) is 0.559. The Morgan fingerprint density at radius 1 is 1.43 bits per heavy atom. The van der Waals surface area contributed by atoms with Crippen LogP contribution in [0, 0.1) is 0 Å². The van der Waals surface area contributed by atoms with Gasteiger partial charge < -0.3 is 0 Å². The number of carbonyl (C=O) groups is 2. The van der Waals surface area contributed by atoms with E-state index in [1.54, 1.807) is 0 Å². The fraction of sp³-hybridized carbons (Fsp3) is 0.778. The lowest BCUT2D eigenvalue weighted by atomic mass is 10.1. The zero-order valence-electron chi connectivity index (χ0n) is 8.94. The van der Waals surface area contributed by atoms with Crippen molar-refractivity contribution in [2.75, 3.05) is 7.05 Å². The van der Waals surface area contributed by atoms with Crippen molar-refractivity contribution in [3.63, 3.8) is 0 Å². The van der Waals surface area contributed by atoms with E-state index in [0.29, 0.717) is 6.42 Å². The van der Waals surface area contributed by atoms with Gasteiger partial charge in [0.15, 0.2) is 4.87 Å². The van der Waals surface area contributed by atoms with E-state index in [1.165, 1.54) is 11.9 Å². The van der Waals surface area contributed by atoms with Crippen molar-refractivity contribution in [3.8, 4) is 0 Å². The van der Waals surface area contributed by atoms with Crippen LogP contribution < -0.4 is 0 Å². The van der Waals surface area contributed by atoms with Gasteiger partial charge in [0.05, 0.1) is 0 Å². The molecule has 0 aromatic heterocycles. The molecule has 0 bridgehead atoms. The molecule has 1 heterocycles. The topological polar surface area (TPSA) is 40.6 Å². The predicted octanol–water partition coefficient (Wildman–Crippen LogP) is 1.32. The summed E-state index contributed by atoms with van der Waals surface area (Å²) in [7, 11) is 1.49.